The fraction of sp³-hybridized carbons (Fsp3) is 0.438. The summed E-state index contributed by atoms with van der Waals surface area (Å²) in [6, 6.07) is 5.57. The smallest absolute Gasteiger partial charge is 0.191 e. The standard InChI is InChI=1S/C16H23N3O2/c1-3-17-16(19-13-6-4-5-7-13)18-11-12-10-14(21-2)8-9-15(12)20/h4-5,8-10,13,20H,3,6-7,11H2,1-2H3,(H2,17,18,19). The molecule has 1 aliphatic carbocycles. The summed E-state index contributed by atoms with van der Waals surface area (Å²) in [4.78, 5) is 4.53. The number of hydrogen-bond acceptors (Lipinski definition) is 3. The lowest BCUT2D eigenvalue weighted by Crippen LogP contribution is -2.42. The molecule has 0 aliphatic heterocycles. The van der Waals surface area contributed by atoms with Crippen LogP contribution in [0.15, 0.2) is 35.3 Å². The highest BCUT2D eigenvalue weighted by Gasteiger charge is 2.11. The Morgan fingerprint density at radius 2 is 2.14 bits per heavy atom. The van der Waals surface area contributed by atoms with Gasteiger partial charge >= 0.3 is 0 Å². The van der Waals surface area contributed by atoms with E-state index in [1.807, 2.05) is 6.92 Å². The molecule has 0 unspecified atom stereocenters. The first-order chi connectivity index (χ1) is 10.2. The molecule has 0 aromatic heterocycles. The van der Waals surface area contributed by atoms with Gasteiger partial charge in [0.25, 0.3) is 0 Å². The average molecular weight is 289 g/mol. The number of aromatic hydroxyl groups is 1. The van der Waals surface area contributed by atoms with Gasteiger partial charge in [-0.05, 0) is 38.0 Å². The molecular weight excluding hydrogens is 266 g/mol. The van der Waals surface area contributed by atoms with E-state index in [0.29, 0.717) is 12.6 Å². The molecule has 0 atom stereocenters. The van der Waals surface area contributed by atoms with Crippen LogP contribution >= 0.6 is 0 Å². The summed E-state index contributed by atoms with van der Waals surface area (Å²) >= 11 is 0. The van der Waals surface area contributed by atoms with Gasteiger partial charge in [-0.2, -0.15) is 0 Å². The maximum atomic E-state index is 9.88. The highest BCUT2D eigenvalue weighted by Crippen LogP contribution is 2.23. The van der Waals surface area contributed by atoms with Crippen molar-refractivity contribution < 1.29 is 9.84 Å². The minimum Gasteiger partial charge on any atom is -0.508 e. The fourth-order valence-electron chi connectivity index (χ4n) is 2.23. The second-order valence-corrected chi connectivity index (χ2v) is 4.97. The highest BCUT2D eigenvalue weighted by atomic mass is 16.5. The lowest BCUT2D eigenvalue weighted by atomic mass is 10.2. The van der Waals surface area contributed by atoms with Crippen molar-refractivity contribution in [2.75, 3.05) is 13.7 Å². The van der Waals surface area contributed by atoms with Gasteiger partial charge in [-0.1, -0.05) is 12.2 Å². The van der Waals surface area contributed by atoms with Gasteiger partial charge in [-0.3, -0.25) is 0 Å². The summed E-state index contributed by atoms with van der Waals surface area (Å²) in [6.45, 7) is 3.24. The fourth-order valence-corrected chi connectivity index (χ4v) is 2.23. The van der Waals surface area contributed by atoms with Crippen molar-refractivity contribution in [3.8, 4) is 11.5 Å². The summed E-state index contributed by atoms with van der Waals surface area (Å²) in [5.74, 6) is 1.72. The van der Waals surface area contributed by atoms with Gasteiger partial charge in [0.1, 0.15) is 11.5 Å². The largest absolute Gasteiger partial charge is 0.508 e. The Kier molecular flexibility index (Phi) is 5.49. The number of nitrogens with one attached hydrogen (secondary N) is 2. The third-order valence-corrected chi connectivity index (χ3v) is 3.39. The number of nitrogens with zero attached hydrogens (tertiary/aromatic N) is 1. The number of rotatable bonds is 5. The van der Waals surface area contributed by atoms with Crippen LogP contribution in [0.3, 0.4) is 0 Å². The van der Waals surface area contributed by atoms with Crippen molar-refractivity contribution >= 4 is 5.96 Å². The zero-order valence-corrected chi connectivity index (χ0v) is 12.6. The van der Waals surface area contributed by atoms with Crippen molar-refractivity contribution in [2.24, 2.45) is 4.99 Å². The maximum Gasteiger partial charge on any atom is 0.191 e. The molecule has 0 heterocycles. The molecule has 0 bridgehead atoms. The van der Waals surface area contributed by atoms with E-state index in [1.54, 1.807) is 25.3 Å². The normalized spacial score (nSPS) is 15.2. The van der Waals surface area contributed by atoms with E-state index in [1.165, 1.54) is 0 Å². The predicted molar refractivity (Wildman–Crippen MR) is 84.8 cm³/mol. The number of phenols is 1. The van der Waals surface area contributed by atoms with E-state index in [2.05, 4.69) is 27.8 Å². The Morgan fingerprint density at radius 3 is 2.81 bits per heavy atom. The number of methoxy groups -OCH3 is 1. The first-order valence-corrected chi connectivity index (χ1v) is 7.28. The molecule has 0 amide bonds. The number of guanidine groups is 1. The summed E-state index contributed by atoms with van der Waals surface area (Å²) < 4.78 is 5.17. The molecule has 1 aromatic carbocycles. The van der Waals surface area contributed by atoms with Crippen LogP contribution in [0, 0.1) is 0 Å². The molecular formula is C16H23N3O2. The van der Waals surface area contributed by atoms with Crippen LogP contribution in [0.25, 0.3) is 0 Å². The molecule has 0 fully saturated rings. The predicted octanol–water partition coefficient (Wildman–Crippen LogP) is 2.17. The van der Waals surface area contributed by atoms with Gasteiger partial charge in [0.15, 0.2) is 5.96 Å². The Hall–Kier alpha value is -2.17. The minimum atomic E-state index is 0.234. The Morgan fingerprint density at radius 1 is 1.38 bits per heavy atom. The van der Waals surface area contributed by atoms with Crippen LogP contribution in [0.4, 0.5) is 0 Å². The van der Waals surface area contributed by atoms with Crippen molar-refractivity contribution in [3.05, 3.63) is 35.9 Å². The van der Waals surface area contributed by atoms with Crippen molar-refractivity contribution in [1.29, 1.82) is 0 Å². The van der Waals surface area contributed by atoms with Crippen molar-refractivity contribution in [1.82, 2.24) is 10.6 Å². The topological polar surface area (TPSA) is 65.9 Å². The van der Waals surface area contributed by atoms with Gasteiger partial charge in [0, 0.05) is 18.2 Å². The first kappa shape index (κ1) is 15.2. The number of phenolic OH excluding ortho intramolecular Hbond substituents is 1. The monoisotopic (exact) mass is 289 g/mol. The second kappa shape index (κ2) is 7.57. The highest BCUT2D eigenvalue weighted by molar-refractivity contribution is 5.80. The number of aliphatic imine (C=N–C) groups is 1. The second-order valence-electron chi connectivity index (χ2n) is 4.97. The molecule has 0 radical (unpaired) electrons. The van der Waals surface area contributed by atoms with Gasteiger partial charge in [0.05, 0.1) is 13.7 Å². The van der Waals surface area contributed by atoms with E-state index >= 15 is 0 Å². The zero-order chi connectivity index (χ0) is 15.1. The van der Waals surface area contributed by atoms with E-state index in [-0.39, 0.29) is 5.75 Å². The molecule has 0 saturated carbocycles. The van der Waals surface area contributed by atoms with Crippen molar-refractivity contribution in [3.63, 3.8) is 0 Å². The van der Waals surface area contributed by atoms with Crippen LogP contribution in [0.1, 0.15) is 25.3 Å². The number of ether oxygens (including phenoxy) is 1. The van der Waals surface area contributed by atoms with Crippen LogP contribution in [-0.4, -0.2) is 30.8 Å². The molecule has 2 rings (SSSR count). The molecule has 0 saturated heterocycles. The number of hydrogen-bond donors (Lipinski definition) is 3. The van der Waals surface area contributed by atoms with Crippen LogP contribution < -0.4 is 15.4 Å². The summed E-state index contributed by atoms with van der Waals surface area (Å²) in [7, 11) is 1.61. The van der Waals surface area contributed by atoms with Crippen LogP contribution in [0.5, 0.6) is 11.5 Å². The molecule has 5 nitrogen and oxygen atoms in total. The molecule has 1 aliphatic rings. The van der Waals surface area contributed by atoms with Gasteiger partial charge in [-0.25, -0.2) is 4.99 Å². The number of benzene rings is 1. The first-order valence-electron chi connectivity index (χ1n) is 7.28. The Bertz CT molecular complexity index is 518. The van der Waals surface area contributed by atoms with Gasteiger partial charge in [-0.15, -0.1) is 0 Å². The molecule has 5 heteroatoms. The minimum absolute atomic E-state index is 0.234. The van der Waals surface area contributed by atoms with Crippen LogP contribution in [0.2, 0.25) is 0 Å². The molecule has 114 valence electrons. The Labute approximate surface area is 125 Å². The third-order valence-electron chi connectivity index (χ3n) is 3.39. The van der Waals surface area contributed by atoms with Crippen molar-refractivity contribution in [2.45, 2.75) is 32.4 Å². The lowest BCUT2D eigenvalue weighted by Gasteiger charge is -2.16. The molecule has 3 N–H and O–H groups in total. The van der Waals surface area contributed by atoms with E-state index < -0.39 is 0 Å². The van der Waals surface area contributed by atoms with Gasteiger partial charge in [0.2, 0.25) is 0 Å². The van der Waals surface area contributed by atoms with E-state index in [0.717, 1.165) is 36.7 Å². The molecule has 0 spiro atoms. The maximum absolute atomic E-state index is 9.88. The summed E-state index contributed by atoms with van der Waals surface area (Å²) in [5, 5.41) is 16.5. The Balaban J connectivity index is 2.04. The third kappa shape index (κ3) is 4.41. The van der Waals surface area contributed by atoms with Crippen LogP contribution in [-0.2, 0) is 6.54 Å². The zero-order valence-electron chi connectivity index (χ0n) is 12.6. The summed E-state index contributed by atoms with van der Waals surface area (Å²) in [6.07, 6.45) is 6.40. The molecule has 1 aromatic rings. The lowest BCUT2D eigenvalue weighted by molar-refractivity contribution is 0.411. The van der Waals surface area contributed by atoms with E-state index in [9.17, 15) is 5.11 Å². The SMILES string of the molecule is CCNC(=NCc1cc(OC)ccc1O)NC1CC=CC1. The average Bonchev–Trinajstić information content (AvgIpc) is 2.99. The van der Waals surface area contributed by atoms with E-state index in [4.69, 9.17) is 4.74 Å². The van der Waals surface area contributed by atoms with Gasteiger partial charge < -0.3 is 20.5 Å². The summed E-state index contributed by atoms with van der Waals surface area (Å²) in [5.41, 5.74) is 0.746. The quantitative estimate of drug-likeness (QED) is 0.441. The molecule has 21 heavy (non-hydrogen) atoms.